The number of allylic oxidation sites excluding steroid dienone is 1. The first kappa shape index (κ1) is 22.7. The molecular formula is C23H30O6. The van der Waals surface area contributed by atoms with E-state index in [0.717, 1.165) is 16.7 Å². The Kier molecular flexibility index (Phi) is 7.59. The average Bonchev–Trinajstić information content (AvgIpc) is 3.03. The van der Waals surface area contributed by atoms with Gasteiger partial charge in [-0.2, -0.15) is 0 Å². The van der Waals surface area contributed by atoms with Crippen molar-refractivity contribution in [3.8, 4) is 0 Å². The number of rotatable bonds is 8. The number of esters is 3. The van der Waals surface area contributed by atoms with Crippen molar-refractivity contribution >= 4 is 17.9 Å². The second-order valence-corrected chi connectivity index (χ2v) is 7.46. The van der Waals surface area contributed by atoms with Gasteiger partial charge in [-0.1, -0.05) is 23.8 Å². The quantitative estimate of drug-likeness (QED) is 0.286. The van der Waals surface area contributed by atoms with Crippen LogP contribution in [0.5, 0.6) is 0 Å². The molecule has 0 saturated carbocycles. The molecular weight excluding hydrogens is 372 g/mol. The van der Waals surface area contributed by atoms with Gasteiger partial charge in [-0.15, -0.1) is 0 Å². The molecule has 0 N–H and O–H groups in total. The molecule has 29 heavy (non-hydrogen) atoms. The Balaban J connectivity index is 2.39. The van der Waals surface area contributed by atoms with Gasteiger partial charge >= 0.3 is 17.9 Å². The van der Waals surface area contributed by atoms with Gasteiger partial charge in [0, 0.05) is 6.92 Å². The van der Waals surface area contributed by atoms with E-state index in [4.69, 9.17) is 14.2 Å². The van der Waals surface area contributed by atoms with Crippen molar-refractivity contribution < 1.29 is 28.6 Å². The number of aryl methyl sites for hydroxylation is 2. The van der Waals surface area contributed by atoms with Crippen LogP contribution < -0.4 is 0 Å². The zero-order chi connectivity index (χ0) is 21.6. The predicted molar refractivity (Wildman–Crippen MR) is 108 cm³/mol. The lowest BCUT2D eigenvalue weighted by Crippen LogP contribution is -2.40. The lowest BCUT2D eigenvalue weighted by atomic mass is 9.83. The van der Waals surface area contributed by atoms with Gasteiger partial charge in [0.2, 0.25) is 0 Å². The van der Waals surface area contributed by atoms with Crippen molar-refractivity contribution in [1.82, 2.24) is 0 Å². The second-order valence-electron chi connectivity index (χ2n) is 7.46. The van der Waals surface area contributed by atoms with Crippen molar-refractivity contribution in [1.29, 1.82) is 0 Å². The number of hydrogen-bond donors (Lipinski definition) is 0. The molecule has 1 aliphatic rings. The molecule has 0 aromatic heterocycles. The van der Waals surface area contributed by atoms with E-state index in [2.05, 4.69) is 12.1 Å². The topological polar surface area (TPSA) is 78.9 Å². The predicted octanol–water partition coefficient (Wildman–Crippen LogP) is 3.61. The van der Waals surface area contributed by atoms with E-state index in [0.29, 0.717) is 6.42 Å². The fraction of sp³-hybridized carbons (Fsp3) is 0.522. The Morgan fingerprint density at radius 2 is 1.48 bits per heavy atom. The minimum atomic E-state index is -1.42. The van der Waals surface area contributed by atoms with Gasteiger partial charge in [0.15, 0.2) is 5.41 Å². The average molecular weight is 402 g/mol. The summed E-state index contributed by atoms with van der Waals surface area (Å²) >= 11 is 0. The number of carbonyl (C=O) groups excluding carboxylic acids is 3. The summed E-state index contributed by atoms with van der Waals surface area (Å²) in [4.78, 5) is 37.0. The monoisotopic (exact) mass is 402 g/mol. The van der Waals surface area contributed by atoms with Crippen molar-refractivity contribution in [3.63, 3.8) is 0 Å². The number of hydrogen-bond acceptors (Lipinski definition) is 6. The van der Waals surface area contributed by atoms with E-state index >= 15 is 0 Å². The lowest BCUT2D eigenvalue weighted by molar-refractivity contribution is -0.171. The van der Waals surface area contributed by atoms with Crippen molar-refractivity contribution in [3.05, 3.63) is 46.0 Å². The molecule has 0 unspecified atom stereocenters. The fourth-order valence-corrected chi connectivity index (χ4v) is 3.64. The van der Waals surface area contributed by atoms with E-state index in [1.165, 1.54) is 18.1 Å². The molecule has 1 aliphatic carbocycles. The van der Waals surface area contributed by atoms with Gasteiger partial charge in [-0.05, 0) is 69.2 Å². The first-order chi connectivity index (χ1) is 13.7. The molecule has 0 atom stereocenters. The molecule has 0 spiro atoms. The number of benzene rings is 1. The summed E-state index contributed by atoms with van der Waals surface area (Å²) in [5.41, 5.74) is 3.71. The van der Waals surface area contributed by atoms with E-state index in [1.807, 2.05) is 19.9 Å². The molecule has 0 amide bonds. The maximum atomic E-state index is 12.8. The molecule has 0 bridgehead atoms. The molecule has 0 heterocycles. The largest absolute Gasteiger partial charge is 0.465 e. The van der Waals surface area contributed by atoms with Crippen molar-refractivity contribution in [2.75, 3.05) is 19.8 Å². The molecule has 0 fully saturated rings. The third kappa shape index (κ3) is 5.25. The number of carbonyl (C=O) groups is 3. The van der Waals surface area contributed by atoms with Crippen LogP contribution in [0.1, 0.15) is 50.3 Å². The molecule has 1 aromatic rings. The van der Waals surface area contributed by atoms with E-state index in [-0.39, 0.29) is 32.7 Å². The molecule has 6 nitrogen and oxygen atoms in total. The third-order valence-electron chi connectivity index (χ3n) is 5.30. The minimum absolute atomic E-state index is 0.0517. The summed E-state index contributed by atoms with van der Waals surface area (Å²) in [6.07, 6.45) is 0.907. The summed E-state index contributed by atoms with van der Waals surface area (Å²) in [6, 6.07) is 6.18. The zero-order valence-electron chi connectivity index (χ0n) is 17.9. The molecule has 158 valence electrons. The van der Waals surface area contributed by atoms with Gasteiger partial charge < -0.3 is 14.2 Å². The summed E-state index contributed by atoms with van der Waals surface area (Å²) in [7, 11) is 0. The SMILES string of the molecule is CCOC(=O)C1(C(=O)OCC)CC(COC(C)=O)=C(Cc2ccc(C)c(C)c2)C1. The van der Waals surface area contributed by atoms with Gasteiger partial charge in [-0.3, -0.25) is 14.4 Å². The van der Waals surface area contributed by atoms with Crippen LogP contribution in [0.3, 0.4) is 0 Å². The molecule has 2 rings (SSSR count). The lowest BCUT2D eigenvalue weighted by Gasteiger charge is -2.25. The maximum absolute atomic E-state index is 12.8. The second kappa shape index (κ2) is 9.72. The zero-order valence-corrected chi connectivity index (χ0v) is 17.9. The van der Waals surface area contributed by atoms with Crippen LogP contribution in [0.4, 0.5) is 0 Å². The number of ether oxygens (including phenoxy) is 3. The van der Waals surface area contributed by atoms with Crippen LogP contribution in [0, 0.1) is 19.3 Å². The Labute approximate surface area is 172 Å². The highest BCUT2D eigenvalue weighted by atomic mass is 16.6. The fourth-order valence-electron chi connectivity index (χ4n) is 3.64. The molecule has 6 heteroatoms. The van der Waals surface area contributed by atoms with Crippen LogP contribution in [0.2, 0.25) is 0 Å². The molecule has 0 aliphatic heterocycles. The first-order valence-electron chi connectivity index (χ1n) is 9.97. The van der Waals surface area contributed by atoms with Crippen LogP contribution in [0.15, 0.2) is 29.3 Å². The highest BCUT2D eigenvalue weighted by molar-refractivity contribution is 6.01. The van der Waals surface area contributed by atoms with E-state index in [9.17, 15) is 14.4 Å². The van der Waals surface area contributed by atoms with Crippen molar-refractivity contribution in [2.45, 2.75) is 53.9 Å². The van der Waals surface area contributed by atoms with Gasteiger partial charge in [0.25, 0.3) is 0 Å². The van der Waals surface area contributed by atoms with Crippen LogP contribution in [0.25, 0.3) is 0 Å². The minimum Gasteiger partial charge on any atom is -0.465 e. The molecule has 0 radical (unpaired) electrons. The molecule has 1 aromatic carbocycles. The van der Waals surface area contributed by atoms with Crippen LogP contribution in [-0.4, -0.2) is 37.7 Å². The van der Waals surface area contributed by atoms with Gasteiger partial charge in [0.1, 0.15) is 6.61 Å². The third-order valence-corrected chi connectivity index (χ3v) is 5.30. The summed E-state index contributed by atoms with van der Waals surface area (Å²) < 4.78 is 15.7. The van der Waals surface area contributed by atoms with Crippen LogP contribution >= 0.6 is 0 Å². The Bertz CT molecular complexity index is 803. The van der Waals surface area contributed by atoms with E-state index in [1.54, 1.807) is 13.8 Å². The van der Waals surface area contributed by atoms with E-state index < -0.39 is 23.3 Å². The summed E-state index contributed by atoms with van der Waals surface area (Å²) in [5, 5.41) is 0. The molecule has 0 saturated heterocycles. The van der Waals surface area contributed by atoms with Crippen molar-refractivity contribution in [2.24, 2.45) is 5.41 Å². The summed E-state index contributed by atoms with van der Waals surface area (Å²) in [6.45, 7) is 9.23. The Hall–Kier alpha value is -2.63. The Morgan fingerprint density at radius 1 is 0.897 bits per heavy atom. The van der Waals surface area contributed by atoms with Gasteiger partial charge in [-0.25, -0.2) is 0 Å². The first-order valence-corrected chi connectivity index (χ1v) is 9.97. The summed E-state index contributed by atoms with van der Waals surface area (Å²) in [5.74, 6) is -1.59. The highest BCUT2D eigenvalue weighted by Gasteiger charge is 2.53. The normalized spacial score (nSPS) is 15.2. The Morgan fingerprint density at radius 3 is 2.00 bits per heavy atom. The van der Waals surface area contributed by atoms with Crippen LogP contribution in [-0.2, 0) is 35.0 Å². The highest BCUT2D eigenvalue weighted by Crippen LogP contribution is 2.45. The smallest absolute Gasteiger partial charge is 0.324 e. The maximum Gasteiger partial charge on any atom is 0.324 e. The van der Waals surface area contributed by atoms with Gasteiger partial charge in [0.05, 0.1) is 13.2 Å². The standard InChI is InChI=1S/C23H30O6/c1-6-27-21(25)23(22(26)28-7-2)12-19(20(13-23)14-29-17(5)24)11-18-9-8-15(3)16(4)10-18/h8-10H,6-7,11-14H2,1-5H3.